The van der Waals surface area contributed by atoms with Crippen LogP contribution in [0.3, 0.4) is 0 Å². The minimum absolute atomic E-state index is 0.586. The summed E-state index contributed by atoms with van der Waals surface area (Å²) in [7, 11) is 2.11. The van der Waals surface area contributed by atoms with E-state index in [1.807, 2.05) is 0 Å². The Kier molecular flexibility index (Phi) is 4.47. The van der Waals surface area contributed by atoms with Crippen LogP contribution in [-0.2, 0) is 6.54 Å². The number of nitrogens with zero attached hydrogens (tertiary/aromatic N) is 3. The van der Waals surface area contributed by atoms with Crippen LogP contribution in [0.4, 0.5) is 0 Å². The van der Waals surface area contributed by atoms with Gasteiger partial charge in [0.1, 0.15) is 12.2 Å². The Hall–Kier alpha value is -1.68. The number of hydrogen-bond acceptors (Lipinski definition) is 3. The molecule has 2 rings (SSSR count). The molecule has 1 aromatic heterocycles. The Bertz CT molecular complexity index is 438. The highest BCUT2D eigenvalue weighted by Gasteiger charge is 2.08. The van der Waals surface area contributed by atoms with Gasteiger partial charge < -0.3 is 0 Å². The van der Waals surface area contributed by atoms with Gasteiger partial charge in [-0.2, -0.15) is 5.10 Å². The van der Waals surface area contributed by atoms with Crippen molar-refractivity contribution in [2.24, 2.45) is 0 Å². The van der Waals surface area contributed by atoms with E-state index < -0.39 is 0 Å². The lowest BCUT2D eigenvalue weighted by Gasteiger charge is -2.18. The van der Waals surface area contributed by atoms with Gasteiger partial charge in [-0.05, 0) is 31.5 Å². The van der Waals surface area contributed by atoms with E-state index in [4.69, 9.17) is 0 Å². The van der Waals surface area contributed by atoms with Crippen molar-refractivity contribution in [2.75, 3.05) is 13.6 Å². The highest BCUT2D eigenvalue weighted by molar-refractivity contribution is 5.18. The van der Waals surface area contributed by atoms with Crippen LogP contribution >= 0.6 is 0 Å². The molecule has 0 aliphatic carbocycles. The molecular formula is C14H20N4. The highest BCUT2D eigenvalue weighted by Crippen LogP contribution is 2.18. The minimum Gasteiger partial charge on any atom is -0.299 e. The number of aromatic nitrogens is 3. The summed E-state index contributed by atoms with van der Waals surface area (Å²) in [5, 5.41) is 6.74. The molecule has 0 fully saturated rings. The zero-order chi connectivity index (χ0) is 12.8. The van der Waals surface area contributed by atoms with Crippen LogP contribution in [0.15, 0.2) is 36.7 Å². The first-order chi connectivity index (χ1) is 8.75. The van der Waals surface area contributed by atoms with Crippen molar-refractivity contribution in [3.63, 3.8) is 0 Å². The average molecular weight is 244 g/mol. The lowest BCUT2D eigenvalue weighted by molar-refractivity contribution is 0.306. The average Bonchev–Trinajstić information content (AvgIpc) is 2.90. The van der Waals surface area contributed by atoms with Crippen LogP contribution in [0.1, 0.15) is 30.7 Å². The number of benzene rings is 1. The maximum Gasteiger partial charge on any atom is 0.138 e. The second-order valence-corrected chi connectivity index (χ2v) is 4.77. The molecule has 0 radical (unpaired) electrons. The smallest absolute Gasteiger partial charge is 0.138 e. The van der Waals surface area contributed by atoms with Crippen molar-refractivity contribution >= 4 is 0 Å². The molecule has 0 spiro atoms. The summed E-state index contributed by atoms with van der Waals surface area (Å²) in [6, 6.07) is 10.7. The maximum absolute atomic E-state index is 4.13. The molecule has 1 aromatic carbocycles. The number of nitrogens with one attached hydrogen (secondary N) is 1. The topological polar surface area (TPSA) is 44.8 Å². The molecule has 1 unspecified atom stereocenters. The van der Waals surface area contributed by atoms with E-state index in [1.165, 1.54) is 5.56 Å². The zero-order valence-corrected chi connectivity index (χ0v) is 11.0. The predicted molar refractivity (Wildman–Crippen MR) is 72.2 cm³/mol. The molecule has 0 bridgehead atoms. The van der Waals surface area contributed by atoms with E-state index in [0.29, 0.717) is 5.92 Å². The quantitative estimate of drug-likeness (QED) is 0.848. The van der Waals surface area contributed by atoms with Crippen molar-refractivity contribution < 1.29 is 0 Å². The second kappa shape index (κ2) is 6.31. The first-order valence-electron chi connectivity index (χ1n) is 6.33. The predicted octanol–water partition coefficient (Wildman–Crippen LogP) is 2.43. The van der Waals surface area contributed by atoms with E-state index in [-0.39, 0.29) is 0 Å². The normalized spacial score (nSPS) is 12.8. The van der Waals surface area contributed by atoms with Crippen LogP contribution in [-0.4, -0.2) is 33.7 Å². The first-order valence-corrected chi connectivity index (χ1v) is 6.33. The third-order valence-electron chi connectivity index (χ3n) is 3.20. The van der Waals surface area contributed by atoms with E-state index >= 15 is 0 Å². The Balaban J connectivity index is 1.77. The molecule has 0 amide bonds. The minimum atomic E-state index is 0.586. The van der Waals surface area contributed by atoms with Gasteiger partial charge in [-0.1, -0.05) is 37.3 Å². The van der Waals surface area contributed by atoms with E-state index in [2.05, 4.69) is 64.4 Å². The molecule has 4 heteroatoms. The number of hydrogen-bond donors (Lipinski definition) is 1. The van der Waals surface area contributed by atoms with Crippen LogP contribution in [0.2, 0.25) is 0 Å². The Morgan fingerprint density at radius 3 is 2.72 bits per heavy atom. The molecule has 0 saturated carbocycles. The molecule has 18 heavy (non-hydrogen) atoms. The molecule has 0 aliphatic heterocycles. The molecular weight excluding hydrogens is 224 g/mol. The van der Waals surface area contributed by atoms with Crippen LogP contribution in [0, 0.1) is 0 Å². The fourth-order valence-corrected chi connectivity index (χ4v) is 2.00. The fraction of sp³-hybridized carbons (Fsp3) is 0.429. The Morgan fingerprint density at radius 1 is 1.28 bits per heavy atom. The summed E-state index contributed by atoms with van der Waals surface area (Å²) < 4.78 is 0. The summed E-state index contributed by atoms with van der Waals surface area (Å²) in [6.45, 7) is 4.15. The summed E-state index contributed by atoms with van der Waals surface area (Å²) >= 11 is 0. The molecule has 1 N–H and O–H groups in total. The summed E-state index contributed by atoms with van der Waals surface area (Å²) in [5.74, 6) is 1.51. The molecule has 4 nitrogen and oxygen atoms in total. The van der Waals surface area contributed by atoms with Gasteiger partial charge in [0.25, 0.3) is 0 Å². The first kappa shape index (κ1) is 12.8. The SMILES string of the molecule is CC(CCN(C)Cc1ncn[nH]1)c1ccccc1. The van der Waals surface area contributed by atoms with Gasteiger partial charge in [-0.3, -0.25) is 10.00 Å². The molecule has 1 atom stereocenters. The standard InChI is InChI=1S/C14H20N4/c1-12(13-6-4-3-5-7-13)8-9-18(2)10-14-15-11-16-17-14/h3-7,11-12H,8-10H2,1-2H3,(H,15,16,17). The van der Waals surface area contributed by atoms with Crippen molar-refractivity contribution in [1.29, 1.82) is 0 Å². The van der Waals surface area contributed by atoms with E-state index in [0.717, 1.165) is 25.3 Å². The molecule has 96 valence electrons. The summed E-state index contributed by atoms with van der Waals surface area (Å²) in [6.07, 6.45) is 2.70. The third-order valence-corrected chi connectivity index (χ3v) is 3.20. The van der Waals surface area contributed by atoms with Crippen molar-refractivity contribution in [2.45, 2.75) is 25.8 Å². The summed E-state index contributed by atoms with van der Waals surface area (Å²) in [4.78, 5) is 6.40. The lowest BCUT2D eigenvalue weighted by Crippen LogP contribution is -2.21. The van der Waals surface area contributed by atoms with Gasteiger partial charge in [0.05, 0.1) is 6.54 Å². The van der Waals surface area contributed by atoms with Crippen molar-refractivity contribution in [1.82, 2.24) is 20.1 Å². The van der Waals surface area contributed by atoms with Crippen molar-refractivity contribution in [3.8, 4) is 0 Å². The number of H-pyrrole nitrogens is 1. The Labute approximate surface area is 108 Å². The van der Waals surface area contributed by atoms with Gasteiger partial charge in [0.15, 0.2) is 0 Å². The molecule has 2 aromatic rings. The van der Waals surface area contributed by atoms with Gasteiger partial charge in [0.2, 0.25) is 0 Å². The second-order valence-electron chi connectivity index (χ2n) is 4.77. The van der Waals surface area contributed by atoms with Gasteiger partial charge in [0, 0.05) is 0 Å². The van der Waals surface area contributed by atoms with Crippen molar-refractivity contribution in [3.05, 3.63) is 48.0 Å². The Morgan fingerprint density at radius 2 is 2.06 bits per heavy atom. The maximum atomic E-state index is 4.13. The fourth-order valence-electron chi connectivity index (χ4n) is 2.00. The van der Waals surface area contributed by atoms with Crippen LogP contribution in [0.5, 0.6) is 0 Å². The summed E-state index contributed by atoms with van der Waals surface area (Å²) in [5.41, 5.74) is 1.41. The zero-order valence-electron chi connectivity index (χ0n) is 11.0. The number of aromatic amines is 1. The largest absolute Gasteiger partial charge is 0.299 e. The van der Waals surface area contributed by atoms with Gasteiger partial charge in [-0.25, -0.2) is 4.98 Å². The van der Waals surface area contributed by atoms with E-state index in [1.54, 1.807) is 6.33 Å². The van der Waals surface area contributed by atoms with E-state index in [9.17, 15) is 0 Å². The highest BCUT2D eigenvalue weighted by atomic mass is 15.2. The molecule has 0 saturated heterocycles. The van der Waals surface area contributed by atoms with Gasteiger partial charge >= 0.3 is 0 Å². The van der Waals surface area contributed by atoms with Crippen LogP contribution < -0.4 is 0 Å². The monoisotopic (exact) mass is 244 g/mol. The lowest BCUT2D eigenvalue weighted by atomic mass is 9.98. The number of rotatable bonds is 6. The third kappa shape index (κ3) is 3.67. The van der Waals surface area contributed by atoms with Gasteiger partial charge in [-0.15, -0.1) is 0 Å². The van der Waals surface area contributed by atoms with Crippen LogP contribution in [0.25, 0.3) is 0 Å². The molecule has 0 aliphatic rings. The molecule has 1 heterocycles.